The Labute approximate surface area is 136 Å². The third-order valence-corrected chi connectivity index (χ3v) is 3.57. The SMILES string of the molecule is CC(C)(C)c1ccc(/C=C/C(=O)Nc2ccc(Cl)cc2)cc1. The Morgan fingerprint density at radius 1 is 1.00 bits per heavy atom. The van der Waals surface area contributed by atoms with Crippen LogP contribution in [0.5, 0.6) is 0 Å². The van der Waals surface area contributed by atoms with E-state index in [0.717, 1.165) is 11.3 Å². The third kappa shape index (κ3) is 4.74. The van der Waals surface area contributed by atoms with Crippen LogP contribution in [-0.2, 0) is 10.2 Å². The van der Waals surface area contributed by atoms with Crippen LogP contribution in [0.2, 0.25) is 5.02 Å². The lowest BCUT2D eigenvalue weighted by atomic mass is 9.87. The molecule has 0 unspecified atom stereocenters. The third-order valence-electron chi connectivity index (χ3n) is 3.32. The van der Waals surface area contributed by atoms with Gasteiger partial charge in [0.05, 0.1) is 0 Å². The molecule has 3 heteroatoms. The van der Waals surface area contributed by atoms with Crippen LogP contribution in [-0.4, -0.2) is 5.91 Å². The number of benzene rings is 2. The van der Waals surface area contributed by atoms with Crippen LogP contribution >= 0.6 is 11.6 Å². The first-order valence-electron chi connectivity index (χ1n) is 7.20. The molecular formula is C19H20ClNO. The zero-order valence-corrected chi connectivity index (χ0v) is 13.8. The Kier molecular flexibility index (Phi) is 5.04. The molecule has 114 valence electrons. The van der Waals surface area contributed by atoms with Gasteiger partial charge in [-0.05, 0) is 46.9 Å². The van der Waals surface area contributed by atoms with Gasteiger partial charge < -0.3 is 5.32 Å². The predicted molar refractivity (Wildman–Crippen MR) is 94.3 cm³/mol. The van der Waals surface area contributed by atoms with Gasteiger partial charge in [-0.15, -0.1) is 0 Å². The van der Waals surface area contributed by atoms with E-state index in [0.29, 0.717) is 5.02 Å². The zero-order chi connectivity index (χ0) is 16.2. The molecule has 0 atom stereocenters. The fourth-order valence-electron chi connectivity index (χ4n) is 1.98. The summed E-state index contributed by atoms with van der Waals surface area (Å²) in [6.07, 6.45) is 3.33. The summed E-state index contributed by atoms with van der Waals surface area (Å²) in [5.41, 5.74) is 3.13. The van der Waals surface area contributed by atoms with E-state index in [1.54, 1.807) is 30.3 Å². The minimum atomic E-state index is -0.165. The molecule has 0 spiro atoms. The van der Waals surface area contributed by atoms with Crippen molar-refractivity contribution < 1.29 is 4.79 Å². The van der Waals surface area contributed by atoms with Gasteiger partial charge in [0.15, 0.2) is 0 Å². The number of carbonyl (C=O) groups is 1. The second kappa shape index (κ2) is 6.80. The molecule has 22 heavy (non-hydrogen) atoms. The second-order valence-corrected chi connectivity index (χ2v) is 6.64. The van der Waals surface area contributed by atoms with E-state index in [1.165, 1.54) is 11.6 Å². The maximum atomic E-state index is 11.9. The van der Waals surface area contributed by atoms with Gasteiger partial charge >= 0.3 is 0 Å². The topological polar surface area (TPSA) is 29.1 Å². The van der Waals surface area contributed by atoms with E-state index in [-0.39, 0.29) is 11.3 Å². The summed E-state index contributed by atoms with van der Waals surface area (Å²) < 4.78 is 0. The van der Waals surface area contributed by atoms with Crippen LogP contribution in [0.3, 0.4) is 0 Å². The number of hydrogen-bond acceptors (Lipinski definition) is 1. The number of amides is 1. The van der Waals surface area contributed by atoms with Crippen molar-refractivity contribution in [3.05, 3.63) is 70.8 Å². The highest BCUT2D eigenvalue weighted by Gasteiger charge is 2.12. The summed E-state index contributed by atoms with van der Waals surface area (Å²) in [5, 5.41) is 3.44. The van der Waals surface area contributed by atoms with Crippen molar-refractivity contribution in [1.82, 2.24) is 0 Å². The van der Waals surface area contributed by atoms with Crippen molar-refractivity contribution in [2.24, 2.45) is 0 Å². The monoisotopic (exact) mass is 313 g/mol. The summed E-state index contributed by atoms with van der Waals surface area (Å²) in [5.74, 6) is -0.165. The van der Waals surface area contributed by atoms with Crippen molar-refractivity contribution in [3.63, 3.8) is 0 Å². The van der Waals surface area contributed by atoms with Crippen molar-refractivity contribution in [3.8, 4) is 0 Å². The summed E-state index contributed by atoms with van der Waals surface area (Å²) in [7, 11) is 0. The van der Waals surface area contributed by atoms with Gasteiger partial charge in [-0.25, -0.2) is 0 Å². The number of hydrogen-bond donors (Lipinski definition) is 1. The van der Waals surface area contributed by atoms with Gasteiger partial charge in [-0.2, -0.15) is 0 Å². The first-order valence-corrected chi connectivity index (χ1v) is 7.57. The van der Waals surface area contributed by atoms with Gasteiger partial charge in [-0.1, -0.05) is 56.6 Å². The molecule has 0 aromatic heterocycles. The molecule has 0 aliphatic carbocycles. The molecule has 0 saturated heterocycles. The molecule has 2 rings (SSSR count). The quantitative estimate of drug-likeness (QED) is 0.766. The van der Waals surface area contributed by atoms with Crippen LogP contribution < -0.4 is 5.32 Å². The van der Waals surface area contributed by atoms with Crippen molar-refractivity contribution >= 4 is 29.3 Å². The molecule has 0 bridgehead atoms. The predicted octanol–water partition coefficient (Wildman–Crippen LogP) is 5.29. The van der Waals surface area contributed by atoms with Crippen LogP contribution in [0.15, 0.2) is 54.6 Å². The van der Waals surface area contributed by atoms with Crippen LogP contribution in [0.25, 0.3) is 6.08 Å². The first kappa shape index (κ1) is 16.3. The molecule has 2 nitrogen and oxygen atoms in total. The molecule has 0 saturated carbocycles. The molecule has 0 fully saturated rings. The highest BCUT2D eigenvalue weighted by Crippen LogP contribution is 2.22. The lowest BCUT2D eigenvalue weighted by Gasteiger charge is -2.18. The maximum absolute atomic E-state index is 11.9. The van der Waals surface area contributed by atoms with Gasteiger partial charge in [0.2, 0.25) is 5.91 Å². The average Bonchev–Trinajstić information content (AvgIpc) is 2.47. The van der Waals surface area contributed by atoms with E-state index in [2.05, 4.69) is 38.2 Å². The smallest absolute Gasteiger partial charge is 0.248 e. The average molecular weight is 314 g/mol. The molecular weight excluding hydrogens is 294 g/mol. The molecule has 1 amide bonds. The highest BCUT2D eigenvalue weighted by molar-refractivity contribution is 6.30. The standard InChI is InChI=1S/C19H20ClNO/c1-19(2,3)15-7-4-14(5-8-15)6-13-18(22)21-17-11-9-16(20)10-12-17/h4-13H,1-3H3,(H,21,22)/b13-6+. The van der Waals surface area contributed by atoms with E-state index < -0.39 is 0 Å². The zero-order valence-electron chi connectivity index (χ0n) is 13.1. The number of anilines is 1. The molecule has 0 heterocycles. The minimum absolute atomic E-state index is 0.133. The van der Waals surface area contributed by atoms with Gasteiger partial charge in [0, 0.05) is 16.8 Å². The maximum Gasteiger partial charge on any atom is 0.248 e. The van der Waals surface area contributed by atoms with Crippen molar-refractivity contribution in [1.29, 1.82) is 0 Å². The van der Waals surface area contributed by atoms with Crippen LogP contribution in [0.1, 0.15) is 31.9 Å². The van der Waals surface area contributed by atoms with Gasteiger partial charge in [-0.3, -0.25) is 4.79 Å². The Balaban J connectivity index is 1.99. The molecule has 2 aromatic carbocycles. The number of rotatable bonds is 3. The number of carbonyl (C=O) groups excluding carboxylic acids is 1. The normalized spacial score (nSPS) is 11.6. The molecule has 2 aromatic rings. The Bertz CT molecular complexity index is 664. The van der Waals surface area contributed by atoms with Crippen molar-refractivity contribution in [2.45, 2.75) is 26.2 Å². The summed E-state index contributed by atoms with van der Waals surface area (Å²) in [6, 6.07) is 15.3. The van der Waals surface area contributed by atoms with E-state index in [4.69, 9.17) is 11.6 Å². The Morgan fingerprint density at radius 2 is 1.59 bits per heavy atom. The number of nitrogens with one attached hydrogen (secondary N) is 1. The Hall–Kier alpha value is -2.06. The second-order valence-electron chi connectivity index (χ2n) is 6.20. The lowest BCUT2D eigenvalue weighted by Crippen LogP contribution is -2.10. The first-order chi connectivity index (χ1) is 10.3. The van der Waals surface area contributed by atoms with Crippen LogP contribution in [0, 0.1) is 0 Å². The van der Waals surface area contributed by atoms with E-state index in [9.17, 15) is 4.79 Å². The van der Waals surface area contributed by atoms with Crippen molar-refractivity contribution in [2.75, 3.05) is 5.32 Å². The highest BCUT2D eigenvalue weighted by atomic mass is 35.5. The van der Waals surface area contributed by atoms with Gasteiger partial charge in [0.25, 0.3) is 0 Å². The molecule has 1 N–H and O–H groups in total. The summed E-state index contributed by atoms with van der Waals surface area (Å²) in [4.78, 5) is 11.9. The van der Waals surface area contributed by atoms with E-state index in [1.807, 2.05) is 12.1 Å². The fourth-order valence-corrected chi connectivity index (χ4v) is 2.11. The minimum Gasteiger partial charge on any atom is -0.323 e. The molecule has 0 radical (unpaired) electrons. The molecule has 0 aliphatic heterocycles. The van der Waals surface area contributed by atoms with E-state index >= 15 is 0 Å². The lowest BCUT2D eigenvalue weighted by molar-refractivity contribution is -0.111. The summed E-state index contributed by atoms with van der Waals surface area (Å²) in [6.45, 7) is 6.53. The number of halogens is 1. The largest absolute Gasteiger partial charge is 0.323 e. The fraction of sp³-hybridized carbons (Fsp3) is 0.211. The molecule has 0 aliphatic rings. The summed E-state index contributed by atoms with van der Waals surface area (Å²) >= 11 is 5.81. The van der Waals surface area contributed by atoms with Gasteiger partial charge in [0.1, 0.15) is 0 Å². The van der Waals surface area contributed by atoms with Crippen LogP contribution in [0.4, 0.5) is 5.69 Å². The Morgan fingerprint density at radius 3 is 2.14 bits per heavy atom.